The lowest BCUT2D eigenvalue weighted by atomic mass is 9.94. The first-order valence-corrected chi connectivity index (χ1v) is 12.3. The van der Waals surface area contributed by atoms with Crippen LogP contribution in [0.5, 0.6) is 17.2 Å². The molecule has 2 heterocycles. The maximum absolute atomic E-state index is 13.2. The molecule has 0 unspecified atom stereocenters. The molecule has 2 fully saturated rings. The van der Waals surface area contributed by atoms with Crippen molar-refractivity contribution in [1.82, 2.24) is 9.80 Å². The van der Waals surface area contributed by atoms with Gasteiger partial charge in [0.2, 0.25) is 5.91 Å². The van der Waals surface area contributed by atoms with Crippen LogP contribution in [-0.4, -0.2) is 75.8 Å². The molecule has 184 valence electrons. The lowest BCUT2D eigenvalue weighted by Crippen LogP contribution is -2.51. The minimum atomic E-state index is 0.122. The van der Waals surface area contributed by atoms with Crippen molar-refractivity contribution in [1.29, 1.82) is 0 Å². The van der Waals surface area contributed by atoms with E-state index in [9.17, 15) is 4.79 Å². The third kappa shape index (κ3) is 5.58. The zero-order valence-corrected chi connectivity index (χ0v) is 20.7. The van der Waals surface area contributed by atoms with Gasteiger partial charge in [0, 0.05) is 50.3 Å². The van der Waals surface area contributed by atoms with E-state index in [1.165, 1.54) is 0 Å². The van der Waals surface area contributed by atoms with Crippen molar-refractivity contribution in [2.75, 3.05) is 65.0 Å². The molecule has 0 aliphatic carbocycles. The van der Waals surface area contributed by atoms with E-state index in [0.717, 1.165) is 87.2 Å². The normalized spacial score (nSPS) is 17.5. The quantitative estimate of drug-likeness (QED) is 0.591. The average Bonchev–Trinajstić information content (AvgIpc) is 2.89. The molecule has 2 aliphatic rings. The highest BCUT2D eigenvalue weighted by Crippen LogP contribution is 2.30. The predicted octanol–water partition coefficient (Wildman–Crippen LogP) is 3.66. The Morgan fingerprint density at radius 3 is 2.32 bits per heavy atom. The maximum Gasteiger partial charge on any atom is 0.225 e. The molecular weight excluding hydrogens is 430 g/mol. The number of anilines is 1. The molecule has 0 aromatic heterocycles. The van der Waals surface area contributed by atoms with Crippen molar-refractivity contribution in [3.05, 3.63) is 48.0 Å². The van der Waals surface area contributed by atoms with Crippen LogP contribution < -0.4 is 19.1 Å². The summed E-state index contributed by atoms with van der Waals surface area (Å²) >= 11 is 0. The van der Waals surface area contributed by atoms with E-state index < -0.39 is 0 Å². The van der Waals surface area contributed by atoms with Crippen molar-refractivity contribution in [3.63, 3.8) is 0 Å². The molecule has 2 aliphatic heterocycles. The number of ether oxygens (including phenoxy) is 3. The molecule has 4 rings (SSSR count). The standard InChI is InChI=1S/C27H37N3O4/c1-4-34-25-8-6-5-7-24(25)29-15-17-30(18-16-29)27(31)21-11-13-28(14-12-21)20-22-9-10-23(32-2)19-26(22)33-3/h5-10,19,21H,4,11-18,20H2,1-3H3. The first-order valence-electron chi connectivity index (χ1n) is 12.3. The van der Waals surface area contributed by atoms with Gasteiger partial charge in [0.25, 0.3) is 0 Å². The summed E-state index contributed by atoms with van der Waals surface area (Å²) in [4.78, 5) is 20.0. The van der Waals surface area contributed by atoms with Gasteiger partial charge < -0.3 is 24.0 Å². The molecule has 7 nitrogen and oxygen atoms in total. The van der Waals surface area contributed by atoms with Gasteiger partial charge in [-0.2, -0.15) is 0 Å². The topological polar surface area (TPSA) is 54.5 Å². The Kier molecular flexibility index (Phi) is 8.16. The average molecular weight is 468 g/mol. The highest BCUT2D eigenvalue weighted by Gasteiger charge is 2.31. The van der Waals surface area contributed by atoms with Crippen LogP contribution in [0, 0.1) is 5.92 Å². The highest BCUT2D eigenvalue weighted by molar-refractivity contribution is 5.79. The Bertz CT molecular complexity index is 951. The lowest BCUT2D eigenvalue weighted by Gasteiger charge is -2.39. The van der Waals surface area contributed by atoms with Crippen molar-refractivity contribution in [3.8, 4) is 17.2 Å². The lowest BCUT2D eigenvalue weighted by molar-refractivity contribution is -0.137. The number of amides is 1. The largest absolute Gasteiger partial charge is 0.497 e. The number of rotatable bonds is 8. The van der Waals surface area contributed by atoms with Crippen molar-refractivity contribution >= 4 is 11.6 Å². The van der Waals surface area contributed by atoms with E-state index in [-0.39, 0.29) is 5.92 Å². The van der Waals surface area contributed by atoms with E-state index >= 15 is 0 Å². The van der Waals surface area contributed by atoms with Crippen LogP contribution >= 0.6 is 0 Å². The number of carbonyl (C=O) groups is 1. The summed E-state index contributed by atoms with van der Waals surface area (Å²) in [5.41, 5.74) is 2.27. The molecule has 2 aromatic carbocycles. The summed E-state index contributed by atoms with van der Waals surface area (Å²) in [7, 11) is 3.36. The van der Waals surface area contributed by atoms with Crippen LogP contribution in [0.25, 0.3) is 0 Å². The Morgan fingerprint density at radius 2 is 1.65 bits per heavy atom. The van der Waals surface area contributed by atoms with E-state index in [2.05, 4.69) is 26.8 Å². The minimum absolute atomic E-state index is 0.122. The molecule has 0 bridgehead atoms. The van der Waals surface area contributed by atoms with Gasteiger partial charge in [0.15, 0.2) is 0 Å². The summed E-state index contributed by atoms with van der Waals surface area (Å²) in [6.07, 6.45) is 1.81. The molecule has 0 radical (unpaired) electrons. The first-order chi connectivity index (χ1) is 16.6. The molecular formula is C27H37N3O4. The third-order valence-corrected chi connectivity index (χ3v) is 6.92. The number of likely N-dealkylation sites (tertiary alicyclic amines) is 1. The Balaban J connectivity index is 1.27. The summed E-state index contributed by atoms with van der Waals surface area (Å²) < 4.78 is 16.7. The summed E-state index contributed by atoms with van der Waals surface area (Å²) in [5.74, 6) is 3.01. The van der Waals surface area contributed by atoms with Gasteiger partial charge in [-0.3, -0.25) is 9.69 Å². The number of hydrogen-bond acceptors (Lipinski definition) is 6. The SMILES string of the molecule is CCOc1ccccc1N1CCN(C(=O)C2CCN(Cc3ccc(OC)cc3OC)CC2)CC1. The summed E-state index contributed by atoms with van der Waals surface area (Å²) in [5, 5.41) is 0. The fourth-order valence-corrected chi connectivity index (χ4v) is 4.98. The fraction of sp³-hybridized carbons (Fsp3) is 0.519. The van der Waals surface area contributed by atoms with Gasteiger partial charge in [-0.25, -0.2) is 0 Å². The number of benzene rings is 2. The van der Waals surface area contributed by atoms with Crippen molar-refractivity contribution < 1.29 is 19.0 Å². The molecule has 1 amide bonds. The smallest absolute Gasteiger partial charge is 0.225 e. The molecule has 0 N–H and O–H groups in total. The van der Waals surface area contributed by atoms with Crippen LogP contribution in [0.4, 0.5) is 5.69 Å². The van der Waals surface area contributed by atoms with Gasteiger partial charge in [-0.05, 0) is 51.1 Å². The minimum Gasteiger partial charge on any atom is -0.497 e. The molecule has 0 saturated carbocycles. The molecule has 2 aromatic rings. The second-order valence-corrected chi connectivity index (χ2v) is 8.94. The molecule has 0 spiro atoms. The third-order valence-electron chi connectivity index (χ3n) is 6.92. The monoisotopic (exact) mass is 467 g/mol. The van der Waals surface area contributed by atoms with Gasteiger partial charge >= 0.3 is 0 Å². The fourth-order valence-electron chi connectivity index (χ4n) is 4.98. The second-order valence-electron chi connectivity index (χ2n) is 8.94. The molecule has 0 atom stereocenters. The Hall–Kier alpha value is -2.93. The molecule has 2 saturated heterocycles. The second kappa shape index (κ2) is 11.5. The summed E-state index contributed by atoms with van der Waals surface area (Å²) in [6, 6.07) is 14.1. The van der Waals surface area contributed by atoms with Crippen LogP contribution in [-0.2, 0) is 11.3 Å². The van der Waals surface area contributed by atoms with Gasteiger partial charge in [-0.1, -0.05) is 18.2 Å². The van der Waals surface area contributed by atoms with Crippen LogP contribution in [0.1, 0.15) is 25.3 Å². The van der Waals surface area contributed by atoms with E-state index in [1.54, 1.807) is 14.2 Å². The van der Waals surface area contributed by atoms with Crippen LogP contribution in [0.15, 0.2) is 42.5 Å². The zero-order valence-electron chi connectivity index (χ0n) is 20.7. The number of methoxy groups -OCH3 is 2. The Labute approximate surface area is 203 Å². The molecule has 7 heteroatoms. The number of piperidine rings is 1. The maximum atomic E-state index is 13.2. The summed E-state index contributed by atoms with van der Waals surface area (Å²) in [6.45, 7) is 8.54. The number of nitrogens with zero attached hydrogens (tertiary/aromatic N) is 3. The van der Waals surface area contributed by atoms with Crippen molar-refractivity contribution in [2.45, 2.75) is 26.3 Å². The Morgan fingerprint density at radius 1 is 0.912 bits per heavy atom. The molecule has 34 heavy (non-hydrogen) atoms. The van der Waals surface area contributed by atoms with Crippen molar-refractivity contribution in [2.24, 2.45) is 5.92 Å². The van der Waals surface area contributed by atoms with Gasteiger partial charge in [-0.15, -0.1) is 0 Å². The van der Waals surface area contributed by atoms with E-state index in [0.29, 0.717) is 12.5 Å². The number of carbonyl (C=O) groups excluding carboxylic acids is 1. The van der Waals surface area contributed by atoms with E-state index in [4.69, 9.17) is 14.2 Å². The van der Waals surface area contributed by atoms with Gasteiger partial charge in [0.05, 0.1) is 26.5 Å². The van der Waals surface area contributed by atoms with Gasteiger partial charge in [0.1, 0.15) is 17.2 Å². The number of hydrogen-bond donors (Lipinski definition) is 0. The first kappa shape index (κ1) is 24.2. The van der Waals surface area contributed by atoms with E-state index in [1.807, 2.05) is 37.3 Å². The predicted molar refractivity (Wildman–Crippen MR) is 134 cm³/mol. The van der Waals surface area contributed by atoms with Crippen LogP contribution in [0.3, 0.4) is 0 Å². The zero-order chi connectivity index (χ0) is 23.9. The number of piperazine rings is 1. The van der Waals surface area contributed by atoms with Crippen LogP contribution in [0.2, 0.25) is 0 Å². The highest BCUT2D eigenvalue weighted by atomic mass is 16.5. The number of para-hydroxylation sites is 2.